The van der Waals surface area contributed by atoms with Gasteiger partial charge >= 0.3 is 5.97 Å². The highest BCUT2D eigenvalue weighted by Crippen LogP contribution is 2.46. The first kappa shape index (κ1) is 60.5. The van der Waals surface area contributed by atoms with Gasteiger partial charge in [-0.25, -0.2) is 31.0 Å². The Hall–Kier alpha value is -5.75. The van der Waals surface area contributed by atoms with E-state index in [9.17, 15) is 40.8 Å². The van der Waals surface area contributed by atoms with E-state index in [1.807, 2.05) is 27.7 Å². The maximum atomic E-state index is 14.1. The van der Waals surface area contributed by atoms with Crippen molar-refractivity contribution in [2.45, 2.75) is 128 Å². The molecule has 0 atom stereocenters. The van der Waals surface area contributed by atoms with Crippen molar-refractivity contribution in [1.29, 1.82) is 0 Å². The summed E-state index contributed by atoms with van der Waals surface area (Å²) in [5.74, 6) is -1.45. The molecule has 2 aliphatic rings. The Kier molecular flexibility index (Phi) is 19.2. The number of aryl methyl sites for hydroxylation is 4. The van der Waals surface area contributed by atoms with E-state index < -0.39 is 42.5 Å². The molecule has 25 heteroatoms. The monoisotopic (exact) mass is 1160 g/mol. The van der Waals surface area contributed by atoms with Gasteiger partial charge in [0, 0.05) is 92.3 Å². The second-order valence-electron chi connectivity index (χ2n) is 19.4. The molecule has 2 aromatic carbocycles. The number of H-pyrrole nitrogens is 1. The van der Waals surface area contributed by atoms with E-state index in [0.717, 1.165) is 38.2 Å². The van der Waals surface area contributed by atoms with Gasteiger partial charge in [0.25, 0.3) is 10.8 Å². The first-order chi connectivity index (χ1) is 36.0. The zero-order valence-electron chi connectivity index (χ0n) is 44.9. The van der Waals surface area contributed by atoms with E-state index in [-0.39, 0.29) is 107 Å². The molecular formula is C52H63Cl3N8O12S2. The molecule has 20 nitrogen and oxygen atoms in total. The number of benzene rings is 2. The Morgan fingerprint density at radius 1 is 0.688 bits per heavy atom. The molecule has 1 N–H and O–H groups in total. The molecule has 0 saturated heterocycles. The van der Waals surface area contributed by atoms with Crippen molar-refractivity contribution < 1.29 is 50.2 Å². The van der Waals surface area contributed by atoms with Gasteiger partial charge < -0.3 is 14.2 Å². The van der Waals surface area contributed by atoms with Gasteiger partial charge in [0.15, 0.2) is 19.7 Å². The smallest absolute Gasteiger partial charge is 0.348 e. The van der Waals surface area contributed by atoms with Gasteiger partial charge in [-0.15, -0.1) is 0 Å². The van der Waals surface area contributed by atoms with Gasteiger partial charge in [-0.2, -0.15) is 15.3 Å². The van der Waals surface area contributed by atoms with Gasteiger partial charge in [0.05, 0.1) is 67.4 Å². The zero-order valence-corrected chi connectivity index (χ0v) is 48.8. The molecule has 0 aliphatic heterocycles. The lowest BCUT2D eigenvalue weighted by Crippen LogP contribution is -2.24. The first-order valence-electron chi connectivity index (χ1n) is 24.7. The fraction of sp³-hybridized carbons (Fsp3) is 0.462. The van der Waals surface area contributed by atoms with Gasteiger partial charge in [-0.1, -0.05) is 23.2 Å². The number of esters is 1. The number of ether oxygens (including phenoxy) is 3. The molecule has 8 rings (SSSR count). The molecule has 2 aliphatic carbocycles. The molecular weight excluding hydrogens is 1100 g/mol. The van der Waals surface area contributed by atoms with Crippen LogP contribution in [-0.2, 0) is 56.5 Å². The summed E-state index contributed by atoms with van der Waals surface area (Å²) < 4.78 is 71.9. The molecule has 416 valence electrons. The lowest BCUT2D eigenvalue weighted by molar-refractivity contribution is 0.0712. The van der Waals surface area contributed by atoms with Gasteiger partial charge in [-0.3, -0.25) is 33.6 Å². The van der Waals surface area contributed by atoms with E-state index in [2.05, 4.69) is 20.4 Å². The van der Waals surface area contributed by atoms with Crippen molar-refractivity contribution in [1.82, 2.24) is 39.1 Å². The van der Waals surface area contributed by atoms with Crippen LogP contribution in [0.5, 0.6) is 5.88 Å². The number of halogens is 3. The number of ketones is 2. The minimum atomic E-state index is -3.64. The number of hydrogen-bond acceptors (Lipinski definition) is 15. The largest absolute Gasteiger partial charge is 0.403 e. The molecule has 2 fully saturated rings. The molecule has 0 unspecified atom stereocenters. The van der Waals surface area contributed by atoms with E-state index in [4.69, 9.17) is 49.0 Å². The quantitative estimate of drug-likeness (QED) is 0.0451. The van der Waals surface area contributed by atoms with Crippen molar-refractivity contribution in [3.05, 3.63) is 124 Å². The van der Waals surface area contributed by atoms with E-state index in [1.165, 1.54) is 38.3 Å². The van der Waals surface area contributed by atoms with E-state index in [0.29, 0.717) is 41.6 Å². The predicted molar refractivity (Wildman–Crippen MR) is 290 cm³/mol. The van der Waals surface area contributed by atoms with Crippen LogP contribution in [0.2, 0.25) is 10.0 Å². The highest BCUT2D eigenvalue weighted by atomic mass is 35.5. The Morgan fingerprint density at radius 3 is 1.51 bits per heavy atom. The normalized spacial score (nSPS) is 13.6. The van der Waals surface area contributed by atoms with Gasteiger partial charge in [-0.05, 0) is 117 Å². The van der Waals surface area contributed by atoms with Crippen molar-refractivity contribution >= 4 is 77.3 Å². The van der Waals surface area contributed by atoms with Crippen molar-refractivity contribution in [3.8, 4) is 5.88 Å². The molecule has 2 saturated carbocycles. The number of carbonyl (C=O) groups is 4. The van der Waals surface area contributed by atoms with Crippen molar-refractivity contribution in [3.63, 3.8) is 0 Å². The Morgan fingerprint density at radius 2 is 1.14 bits per heavy atom. The summed E-state index contributed by atoms with van der Waals surface area (Å²) in [6.45, 7) is 15.0. The summed E-state index contributed by atoms with van der Waals surface area (Å²) >= 11 is 18.4. The number of nitrogens with zero attached hydrogens (tertiary/aromatic N) is 7. The maximum absolute atomic E-state index is 14.1. The van der Waals surface area contributed by atoms with E-state index >= 15 is 0 Å². The van der Waals surface area contributed by atoms with Crippen molar-refractivity contribution in [2.24, 2.45) is 14.1 Å². The minimum Gasteiger partial charge on any atom is -0.403 e. The molecule has 0 amide bonds. The molecule has 77 heavy (non-hydrogen) atoms. The molecule has 4 heterocycles. The second-order valence-corrected chi connectivity index (χ2v) is 24.4. The topological polar surface area (TPSA) is 256 Å². The number of aromatic amines is 1. The molecule has 6 aromatic rings. The van der Waals surface area contributed by atoms with Crippen LogP contribution in [0.3, 0.4) is 0 Å². The molecule has 0 radical (unpaired) electrons. The minimum absolute atomic E-state index is 0.00446. The zero-order chi connectivity index (χ0) is 57.2. The van der Waals surface area contributed by atoms with E-state index in [1.54, 1.807) is 58.9 Å². The summed E-state index contributed by atoms with van der Waals surface area (Å²) in [5, 5.41) is 15.4. The fourth-order valence-corrected chi connectivity index (χ4v) is 11.2. The third kappa shape index (κ3) is 13.8. The van der Waals surface area contributed by atoms with Crippen molar-refractivity contribution in [2.75, 3.05) is 25.7 Å². The number of aromatic nitrogens is 8. The molecule has 4 aromatic heterocycles. The van der Waals surface area contributed by atoms with Crippen LogP contribution in [0.1, 0.15) is 178 Å². The third-order valence-electron chi connectivity index (χ3n) is 12.5. The average molecular weight is 1160 g/mol. The number of sulfone groups is 2. The van der Waals surface area contributed by atoms with Crippen LogP contribution >= 0.6 is 34.8 Å². The summed E-state index contributed by atoms with van der Waals surface area (Å²) in [4.78, 5) is 64.2. The Bertz CT molecular complexity index is 3550. The molecule has 0 spiro atoms. The SMILES string of the molecule is CCOCc1c(S(C)(=O)=O)ccc(C(=O)c2c(C3CC3)[nH]n(C(C)C)c2=O)c1Cl.CCOCc1c(S(C)(=O)=O)ccc(C(=O)c2c(C3CC3)nn(C(C)C)c2OC(=O)c2cn(C)nc2C)c1Cl.Cc1nn(C)cc1C(=O)Cl. The Labute approximate surface area is 462 Å². The summed E-state index contributed by atoms with van der Waals surface area (Å²) in [5.41, 5.74) is 3.51. The summed E-state index contributed by atoms with van der Waals surface area (Å²) in [6, 6.07) is 5.13. The third-order valence-corrected chi connectivity index (χ3v) is 15.9. The summed E-state index contributed by atoms with van der Waals surface area (Å²) in [7, 11) is -3.76. The number of carbonyl (C=O) groups excluding carboxylic acids is 4. The lowest BCUT2D eigenvalue weighted by atomic mass is 9.99. The average Bonchev–Trinajstić information content (AvgIpc) is 4.24. The lowest BCUT2D eigenvalue weighted by Gasteiger charge is -2.15. The maximum Gasteiger partial charge on any atom is 0.348 e. The van der Waals surface area contributed by atoms with Crippen LogP contribution in [0.4, 0.5) is 0 Å². The standard InChI is InChI=1S/C26H31ClN4O6S.C20H25ClN2O5S.C6H7ClN2O/c1-7-36-13-19-20(38(6,34)35)11-10-17(22(19)27)24(32)21-23(16-8-9-16)29-31(14(2)3)25(21)37-26(33)18-12-30(5)28-15(18)4;1-5-28-10-14-15(29(4,26)27)9-8-13(17(14)21)19(24)16-18(12-6-7-12)22-23(11(2)3)20(16)25;1-4-5(6(7)10)3-9(2)8-4/h10-12,14,16H,7-9,13H2,1-6H3;8-9,11-12,22H,5-7,10H2,1-4H3;3H,1-2H3. The van der Waals surface area contributed by atoms with Gasteiger partial charge in [0.1, 0.15) is 16.7 Å². The molecule has 0 bridgehead atoms. The van der Waals surface area contributed by atoms with Crippen LogP contribution in [-0.4, -0.2) is 104 Å². The predicted octanol–water partition coefficient (Wildman–Crippen LogP) is 8.99. The van der Waals surface area contributed by atoms with Crippen LogP contribution in [0, 0.1) is 13.8 Å². The van der Waals surface area contributed by atoms with Crippen LogP contribution in [0.15, 0.2) is 51.2 Å². The summed E-state index contributed by atoms with van der Waals surface area (Å²) in [6.07, 6.45) is 8.83. The Balaban J connectivity index is 0.000000216. The number of nitrogens with one attached hydrogen (secondary N) is 1. The number of hydrogen-bond donors (Lipinski definition) is 1. The fourth-order valence-electron chi connectivity index (χ4n) is 8.40. The highest BCUT2D eigenvalue weighted by Gasteiger charge is 2.39. The number of rotatable bonds is 19. The first-order valence-corrected chi connectivity index (χ1v) is 29.6. The van der Waals surface area contributed by atoms with Gasteiger partial charge in [0.2, 0.25) is 17.4 Å². The van der Waals surface area contributed by atoms with Crippen LogP contribution in [0.25, 0.3) is 0 Å². The van der Waals surface area contributed by atoms with Crippen LogP contribution < -0.4 is 10.3 Å². The second kappa shape index (κ2) is 24.5. The highest BCUT2D eigenvalue weighted by molar-refractivity contribution is 7.91.